The number of nitrogens with zero attached hydrogens (tertiary/aromatic N) is 1. The van der Waals surface area contributed by atoms with Crippen LogP contribution in [0.5, 0.6) is 0 Å². The summed E-state index contributed by atoms with van der Waals surface area (Å²) in [6, 6.07) is 7.28. The van der Waals surface area contributed by atoms with Crippen LogP contribution in [0.3, 0.4) is 0 Å². The van der Waals surface area contributed by atoms with Crippen LogP contribution in [0.2, 0.25) is 0 Å². The van der Waals surface area contributed by atoms with Crippen LogP contribution in [-0.4, -0.2) is 30.8 Å². The van der Waals surface area contributed by atoms with Gasteiger partial charge in [-0.3, -0.25) is 0 Å². The number of nitrogens with one attached hydrogen (secondary N) is 1. The van der Waals surface area contributed by atoms with E-state index in [1.54, 1.807) is 0 Å². The van der Waals surface area contributed by atoms with E-state index in [9.17, 15) is 0 Å². The lowest BCUT2D eigenvalue weighted by Gasteiger charge is -2.40. The molecule has 0 unspecified atom stereocenters. The number of aliphatic hydroxyl groups excluding tert-OH is 1. The number of hydrogen-bond acceptors (Lipinski definition) is 3. The predicted octanol–water partition coefficient (Wildman–Crippen LogP) is 3.30. The molecule has 0 amide bonds. The summed E-state index contributed by atoms with van der Waals surface area (Å²) in [5, 5.41) is 12.5. The first-order chi connectivity index (χ1) is 9.76. The van der Waals surface area contributed by atoms with Crippen LogP contribution >= 0.6 is 15.9 Å². The maximum absolute atomic E-state index is 9.10. The molecule has 3 nitrogen and oxygen atoms in total. The molecule has 1 fully saturated rings. The van der Waals surface area contributed by atoms with Crippen LogP contribution in [0.4, 0.5) is 5.69 Å². The number of halogens is 1. The molecule has 0 heterocycles. The van der Waals surface area contributed by atoms with Gasteiger partial charge in [0.1, 0.15) is 0 Å². The number of rotatable bonds is 8. The molecule has 0 atom stereocenters. The van der Waals surface area contributed by atoms with Crippen LogP contribution in [0.25, 0.3) is 0 Å². The van der Waals surface area contributed by atoms with E-state index in [4.69, 9.17) is 5.11 Å². The molecule has 0 saturated heterocycles. The van der Waals surface area contributed by atoms with Gasteiger partial charge < -0.3 is 15.3 Å². The Labute approximate surface area is 130 Å². The normalized spacial score (nSPS) is 15.2. The second-order valence-electron chi connectivity index (χ2n) is 5.42. The van der Waals surface area contributed by atoms with Crippen LogP contribution < -0.4 is 10.2 Å². The van der Waals surface area contributed by atoms with Gasteiger partial charge in [-0.2, -0.15) is 0 Å². The molecule has 1 aliphatic rings. The van der Waals surface area contributed by atoms with E-state index in [2.05, 4.69) is 51.3 Å². The maximum atomic E-state index is 9.10. The lowest BCUT2D eigenvalue weighted by Crippen LogP contribution is -2.41. The van der Waals surface area contributed by atoms with Gasteiger partial charge in [0, 0.05) is 30.2 Å². The molecule has 1 aromatic carbocycles. The fraction of sp³-hybridized carbons (Fsp3) is 0.625. The summed E-state index contributed by atoms with van der Waals surface area (Å²) in [5.74, 6) is 0. The second kappa shape index (κ2) is 8.01. The van der Waals surface area contributed by atoms with Crippen molar-refractivity contribution < 1.29 is 5.11 Å². The van der Waals surface area contributed by atoms with Crippen molar-refractivity contribution >= 4 is 21.6 Å². The third-order valence-corrected chi connectivity index (χ3v) is 4.61. The minimum absolute atomic E-state index is 0.263. The van der Waals surface area contributed by atoms with E-state index in [0.717, 1.165) is 30.5 Å². The molecule has 0 bridgehead atoms. The Morgan fingerprint density at radius 1 is 1.40 bits per heavy atom. The fourth-order valence-corrected chi connectivity index (χ4v) is 3.26. The molecule has 0 aliphatic heterocycles. The predicted molar refractivity (Wildman–Crippen MR) is 88.2 cm³/mol. The molecule has 1 aliphatic carbocycles. The summed E-state index contributed by atoms with van der Waals surface area (Å²) < 4.78 is 1.16. The third-order valence-electron chi connectivity index (χ3n) is 3.97. The Hall–Kier alpha value is -0.580. The molecule has 20 heavy (non-hydrogen) atoms. The molecule has 0 spiro atoms. The van der Waals surface area contributed by atoms with E-state index < -0.39 is 0 Å². The zero-order valence-corrected chi connectivity index (χ0v) is 13.8. The smallest absolute Gasteiger partial charge is 0.0513 e. The Balaban J connectivity index is 2.10. The monoisotopic (exact) mass is 340 g/mol. The first-order valence-electron chi connectivity index (χ1n) is 7.63. The molecule has 1 aromatic rings. The largest absolute Gasteiger partial charge is 0.396 e. The zero-order valence-electron chi connectivity index (χ0n) is 12.2. The summed E-state index contributed by atoms with van der Waals surface area (Å²) in [6.07, 6.45) is 4.71. The highest BCUT2D eigenvalue weighted by Crippen LogP contribution is 2.34. The van der Waals surface area contributed by atoms with Gasteiger partial charge in [0.15, 0.2) is 0 Å². The lowest BCUT2D eigenvalue weighted by atomic mass is 9.91. The van der Waals surface area contributed by atoms with Crippen LogP contribution in [-0.2, 0) is 6.54 Å². The molecule has 2 rings (SSSR count). The van der Waals surface area contributed by atoms with E-state index in [1.165, 1.54) is 30.5 Å². The van der Waals surface area contributed by atoms with E-state index >= 15 is 0 Å². The Morgan fingerprint density at radius 3 is 2.75 bits per heavy atom. The van der Waals surface area contributed by atoms with Crippen LogP contribution in [0.15, 0.2) is 22.7 Å². The van der Waals surface area contributed by atoms with Gasteiger partial charge in [-0.1, -0.05) is 13.0 Å². The quantitative estimate of drug-likeness (QED) is 0.762. The molecule has 2 N–H and O–H groups in total. The van der Waals surface area contributed by atoms with Crippen molar-refractivity contribution in [3.63, 3.8) is 0 Å². The molecular weight excluding hydrogens is 316 g/mol. The lowest BCUT2D eigenvalue weighted by molar-refractivity contribution is 0.283. The van der Waals surface area contributed by atoms with Crippen molar-refractivity contribution in [1.29, 1.82) is 0 Å². The number of hydrogen-bond donors (Lipinski definition) is 2. The number of anilines is 1. The summed E-state index contributed by atoms with van der Waals surface area (Å²) in [7, 11) is 0. The molecule has 0 radical (unpaired) electrons. The standard InChI is InChI=1S/C16H25BrN2O/c1-2-18-12-13-7-8-16(15(17)11-13)19(9-4-10-20)14-5-3-6-14/h7-8,11,14,18,20H,2-6,9-10,12H2,1H3. The SMILES string of the molecule is CCNCc1ccc(N(CCCO)C2CCC2)c(Br)c1. The molecule has 112 valence electrons. The minimum atomic E-state index is 0.263. The maximum Gasteiger partial charge on any atom is 0.0513 e. The highest BCUT2D eigenvalue weighted by molar-refractivity contribution is 9.10. The first kappa shape index (κ1) is 15.8. The second-order valence-corrected chi connectivity index (χ2v) is 6.28. The van der Waals surface area contributed by atoms with Crippen molar-refractivity contribution in [2.45, 2.75) is 45.2 Å². The molecule has 0 aromatic heterocycles. The minimum Gasteiger partial charge on any atom is -0.396 e. The highest BCUT2D eigenvalue weighted by atomic mass is 79.9. The van der Waals surface area contributed by atoms with Crippen molar-refractivity contribution in [1.82, 2.24) is 5.32 Å². The van der Waals surface area contributed by atoms with E-state index in [0.29, 0.717) is 6.04 Å². The topological polar surface area (TPSA) is 35.5 Å². The van der Waals surface area contributed by atoms with E-state index in [1.807, 2.05) is 0 Å². The Morgan fingerprint density at radius 2 is 2.20 bits per heavy atom. The van der Waals surface area contributed by atoms with Crippen molar-refractivity contribution in [2.75, 3.05) is 24.6 Å². The zero-order chi connectivity index (χ0) is 14.4. The van der Waals surface area contributed by atoms with E-state index in [-0.39, 0.29) is 6.61 Å². The summed E-state index contributed by atoms with van der Waals surface area (Å²) >= 11 is 3.72. The van der Waals surface area contributed by atoms with Gasteiger partial charge in [-0.15, -0.1) is 0 Å². The van der Waals surface area contributed by atoms with Crippen molar-refractivity contribution in [2.24, 2.45) is 0 Å². The first-order valence-corrected chi connectivity index (χ1v) is 8.42. The average molecular weight is 341 g/mol. The van der Waals surface area contributed by atoms with Crippen molar-refractivity contribution in [3.05, 3.63) is 28.2 Å². The average Bonchev–Trinajstić information content (AvgIpc) is 2.39. The molecular formula is C16H25BrN2O. The molecule has 4 heteroatoms. The Bertz CT molecular complexity index is 421. The highest BCUT2D eigenvalue weighted by Gasteiger charge is 2.26. The van der Waals surface area contributed by atoms with Gasteiger partial charge in [0.05, 0.1) is 5.69 Å². The van der Waals surface area contributed by atoms with Gasteiger partial charge >= 0.3 is 0 Å². The van der Waals surface area contributed by atoms with Gasteiger partial charge in [0.25, 0.3) is 0 Å². The molecule has 1 saturated carbocycles. The van der Waals surface area contributed by atoms with Gasteiger partial charge in [-0.05, 0) is 65.9 Å². The van der Waals surface area contributed by atoms with Gasteiger partial charge in [0.2, 0.25) is 0 Å². The van der Waals surface area contributed by atoms with Crippen LogP contribution in [0, 0.1) is 0 Å². The van der Waals surface area contributed by atoms with Gasteiger partial charge in [-0.25, -0.2) is 0 Å². The van der Waals surface area contributed by atoms with Crippen molar-refractivity contribution in [3.8, 4) is 0 Å². The van der Waals surface area contributed by atoms with Crippen LogP contribution in [0.1, 0.15) is 38.2 Å². The summed E-state index contributed by atoms with van der Waals surface area (Å²) in [4.78, 5) is 2.46. The number of benzene rings is 1. The summed E-state index contributed by atoms with van der Waals surface area (Å²) in [5.41, 5.74) is 2.57. The fourth-order valence-electron chi connectivity index (χ4n) is 2.60. The third kappa shape index (κ3) is 3.96. The number of aliphatic hydroxyl groups is 1. The Kier molecular flexibility index (Phi) is 6.33. The summed E-state index contributed by atoms with van der Waals surface area (Å²) in [6.45, 7) is 5.22.